The Hall–Kier alpha value is -2.50. The van der Waals surface area contributed by atoms with E-state index in [9.17, 15) is 9.59 Å². The van der Waals surface area contributed by atoms with Crippen LogP contribution in [0.1, 0.15) is 29.9 Å². The predicted molar refractivity (Wildman–Crippen MR) is 152 cm³/mol. The fourth-order valence-electron chi connectivity index (χ4n) is 5.81. The molecule has 0 saturated carbocycles. The van der Waals surface area contributed by atoms with Gasteiger partial charge in [0.05, 0.1) is 0 Å². The van der Waals surface area contributed by atoms with E-state index in [1.54, 1.807) is 63.1 Å². The van der Waals surface area contributed by atoms with Crippen molar-refractivity contribution in [1.82, 2.24) is 9.80 Å². The molecule has 0 atom stereocenters. The third-order valence-corrected chi connectivity index (χ3v) is 14.1. The van der Waals surface area contributed by atoms with Crippen molar-refractivity contribution in [2.75, 3.05) is 19.0 Å². The summed E-state index contributed by atoms with van der Waals surface area (Å²) in [7, 11) is 1.54. The first-order valence-electron chi connectivity index (χ1n) is 12.0. The minimum absolute atomic E-state index is 0.203. The Labute approximate surface area is 229 Å². The maximum absolute atomic E-state index is 13.0. The molecule has 8 heteroatoms. The third kappa shape index (κ3) is 3.02. The molecule has 5 nitrogen and oxygen atoms in total. The molecule has 1 saturated heterocycles. The Morgan fingerprint density at radius 2 is 1.56 bits per heavy atom. The van der Waals surface area contributed by atoms with Gasteiger partial charge in [0.1, 0.15) is 0 Å². The molecule has 0 bridgehead atoms. The van der Waals surface area contributed by atoms with Gasteiger partial charge in [-0.3, -0.25) is 0 Å². The van der Waals surface area contributed by atoms with Gasteiger partial charge >= 0.3 is 211 Å². The molecular weight excluding hydrogens is 598 g/mol. The molecule has 0 unspecified atom stereocenters. The number of fused-ring (bicyclic) bond motifs is 4. The number of anilines is 3. The van der Waals surface area contributed by atoms with Gasteiger partial charge in [0, 0.05) is 0 Å². The molecule has 0 aliphatic carbocycles. The summed E-state index contributed by atoms with van der Waals surface area (Å²) in [5.74, 6) is -0.517. The minimum atomic E-state index is -1.89. The summed E-state index contributed by atoms with van der Waals surface area (Å²) < 4.78 is 0.643. The Morgan fingerprint density at radius 1 is 0.917 bits per heavy atom. The number of carbonyl (C=O) groups excluding carboxylic acids is 2. The summed E-state index contributed by atoms with van der Waals surface area (Å²) >= 11 is 3.36. The molecule has 3 aliphatic rings. The van der Waals surface area contributed by atoms with Crippen LogP contribution in [-0.2, 0) is 15.0 Å². The third-order valence-electron chi connectivity index (χ3n) is 7.96. The van der Waals surface area contributed by atoms with Crippen LogP contribution < -0.4 is 15.3 Å². The van der Waals surface area contributed by atoms with Gasteiger partial charge in [-0.1, -0.05) is 19.2 Å². The quantitative estimate of drug-likeness (QED) is 0.236. The number of carbonyl (C=O) groups is 2. The molecule has 0 radical (unpaired) electrons. The molecule has 6 rings (SSSR count). The zero-order chi connectivity index (χ0) is 25.7. The van der Waals surface area contributed by atoms with E-state index in [1.807, 2.05) is 0 Å². The van der Waals surface area contributed by atoms with Crippen molar-refractivity contribution in [3.63, 3.8) is 0 Å². The van der Waals surface area contributed by atoms with Crippen LogP contribution >= 0.6 is 11.3 Å². The first-order valence-corrected chi connectivity index (χ1v) is 16.9. The van der Waals surface area contributed by atoms with E-state index < -0.39 is 8.07 Å². The van der Waals surface area contributed by atoms with Crippen molar-refractivity contribution >= 4 is 89.7 Å². The number of para-hydroxylation sites is 2. The van der Waals surface area contributed by atoms with E-state index >= 15 is 0 Å². The van der Waals surface area contributed by atoms with Crippen molar-refractivity contribution in [2.24, 2.45) is 0 Å². The number of benzene rings is 2. The zero-order valence-electron chi connectivity index (χ0n) is 21.2. The van der Waals surface area contributed by atoms with Crippen molar-refractivity contribution in [3.05, 3.63) is 70.1 Å². The first-order chi connectivity index (χ1) is 17.0. The van der Waals surface area contributed by atoms with Gasteiger partial charge < -0.3 is 0 Å². The Kier molecular flexibility index (Phi) is 5.14. The van der Waals surface area contributed by atoms with E-state index in [2.05, 4.69) is 80.4 Å². The molecule has 1 aromatic heterocycles. The number of amides is 2. The summed E-state index contributed by atoms with van der Waals surface area (Å²) in [4.78, 5) is 32.5. The van der Waals surface area contributed by atoms with E-state index in [0.717, 1.165) is 4.88 Å². The van der Waals surface area contributed by atoms with Crippen LogP contribution in [0, 0.1) is 0 Å². The van der Waals surface area contributed by atoms with Gasteiger partial charge in [-0.05, 0) is 0 Å². The summed E-state index contributed by atoms with van der Waals surface area (Å²) in [6.07, 6.45) is 1.78. The molecule has 0 spiro atoms. The van der Waals surface area contributed by atoms with Crippen molar-refractivity contribution in [2.45, 2.75) is 32.4 Å². The molecule has 182 valence electrons. The second-order valence-corrected chi connectivity index (χ2v) is 17.2. The van der Waals surface area contributed by atoms with Gasteiger partial charge in [0.15, 0.2) is 0 Å². The number of hydrogen-bond donors (Lipinski definition) is 0. The predicted octanol–water partition coefficient (Wildman–Crippen LogP) is 3.56. The maximum atomic E-state index is 13.0. The molecule has 3 aliphatic heterocycles. The van der Waals surface area contributed by atoms with Crippen LogP contribution in [0.15, 0.2) is 54.1 Å². The second kappa shape index (κ2) is 7.75. The summed E-state index contributed by atoms with van der Waals surface area (Å²) in [6, 6.07) is 17.8. The average molecular weight is 625 g/mol. The number of likely N-dealkylation sites (N-methyl/N-ethyl adjacent to an activating group) is 2. The summed E-state index contributed by atoms with van der Waals surface area (Å²) in [6.45, 7) is 9.46. The number of hydrogen-bond acceptors (Lipinski definition) is 4. The standard InChI is InChI=1S/C28H27N3O2SSiTe/c1-28(2)18-10-9-13-22-23(18)31(20-11-7-8-12-21(20)35(22,5)6)26-19(28)15-16(34-26)14-17-24(32)29(3)27(36)30(4)25(17)33/h7-15H,1-6H3. The molecule has 3 aromatic rings. The topological polar surface area (TPSA) is 43.9 Å². The normalized spacial score (nSPS) is 19.2. The Morgan fingerprint density at radius 3 is 2.25 bits per heavy atom. The molecule has 0 N–H and O–H groups in total. The van der Waals surface area contributed by atoms with Crippen LogP contribution in [0.5, 0.6) is 0 Å². The molecule has 2 aromatic carbocycles. The van der Waals surface area contributed by atoms with Crippen LogP contribution in [0.4, 0.5) is 16.4 Å². The zero-order valence-corrected chi connectivity index (χ0v) is 25.3. The fraction of sp³-hybridized carbons (Fsp3) is 0.250. The van der Waals surface area contributed by atoms with Crippen molar-refractivity contribution in [3.8, 4) is 0 Å². The average Bonchev–Trinajstić information content (AvgIpc) is 3.29. The van der Waals surface area contributed by atoms with E-state index in [-0.39, 0.29) is 22.8 Å². The first kappa shape index (κ1) is 23.9. The van der Waals surface area contributed by atoms with E-state index in [4.69, 9.17) is 0 Å². The van der Waals surface area contributed by atoms with Crippen LogP contribution in [0.25, 0.3) is 6.08 Å². The number of rotatable bonds is 1. The number of nitrogens with zero attached hydrogens (tertiary/aromatic N) is 3. The van der Waals surface area contributed by atoms with Gasteiger partial charge in [-0.15, -0.1) is 0 Å². The molecular formula is C28H27N3O2SSiTe. The second-order valence-electron chi connectivity index (χ2n) is 10.7. The van der Waals surface area contributed by atoms with Crippen LogP contribution in [0.3, 0.4) is 0 Å². The molecule has 1 fully saturated rings. The van der Waals surface area contributed by atoms with Crippen LogP contribution in [-0.4, -0.2) is 69.4 Å². The van der Waals surface area contributed by atoms with Gasteiger partial charge in [-0.25, -0.2) is 0 Å². The van der Waals surface area contributed by atoms with E-state index in [0.29, 0.717) is 3.80 Å². The van der Waals surface area contributed by atoms with Gasteiger partial charge in [0.2, 0.25) is 0 Å². The Balaban J connectivity index is 1.59. The van der Waals surface area contributed by atoms with Gasteiger partial charge in [0.25, 0.3) is 0 Å². The van der Waals surface area contributed by atoms with Crippen LogP contribution in [0.2, 0.25) is 13.1 Å². The Bertz CT molecular complexity index is 1530. The van der Waals surface area contributed by atoms with Crippen molar-refractivity contribution < 1.29 is 9.59 Å². The fourth-order valence-corrected chi connectivity index (χ4v) is 10.6. The molecule has 2 amide bonds. The molecule has 4 heterocycles. The monoisotopic (exact) mass is 627 g/mol. The van der Waals surface area contributed by atoms with E-state index in [1.165, 1.54) is 37.9 Å². The summed E-state index contributed by atoms with van der Waals surface area (Å²) in [5, 5.41) is 4.06. The van der Waals surface area contributed by atoms with Crippen molar-refractivity contribution in [1.29, 1.82) is 0 Å². The number of thiophene rings is 1. The van der Waals surface area contributed by atoms with Gasteiger partial charge in [-0.2, -0.15) is 0 Å². The summed E-state index contributed by atoms with van der Waals surface area (Å²) in [5.41, 5.74) is 5.12. The SMILES string of the molecule is CN1C(=O)C(=Cc2cc3c(s2)N2c4ccccc4[Si](C)(C)c4cccc(c42)C3(C)C)C(=O)N(C)C1=[Te]. The molecule has 36 heavy (non-hydrogen) atoms.